The number of rotatable bonds is 5. The molecule has 0 N–H and O–H groups in total. The summed E-state index contributed by atoms with van der Waals surface area (Å²) in [6.07, 6.45) is -1.07. The number of anilines is 2. The van der Waals surface area contributed by atoms with Gasteiger partial charge < -0.3 is 9.90 Å². The van der Waals surface area contributed by atoms with E-state index in [2.05, 4.69) is 10.2 Å². The molecule has 7 nitrogen and oxygen atoms in total. The molecule has 3 aromatic carbocycles. The van der Waals surface area contributed by atoms with Gasteiger partial charge in [0.1, 0.15) is 0 Å². The van der Waals surface area contributed by atoms with Crippen LogP contribution in [0.25, 0.3) is 0 Å². The number of aromatic carboxylic acids is 1. The third-order valence-corrected chi connectivity index (χ3v) is 4.91. The van der Waals surface area contributed by atoms with Crippen molar-refractivity contribution in [3.05, 3.63) is 90.5 Å². The van der Waals surface area contributed by atoms with Crippen LogP contribution in [0.2, 0.25) is 0 Å². The first-order valence-corrected chi connectivity index (χ1v) is 9.47. The fraction of sp³-hybridized carbons (Fsp3) is 0.0455. The number of carboxylic acid groups (broad SMARTS) is 1. The van der Waals surface area contributed by atoms with Crippen LogP contribution in [0.4, 0.5) is 17.1 Å². The lowest BCUT2D eigenvalue weighted by Crippen LogP contribution is -2.33. The zero-order valence-corrected chi connectivity index (χ0v) is 16.4. The summed E-state index contributed by atoms with van der Waals surface area (Å²) in [6, 6.07) is 24.2. The number of thiocarbonyl (C=S) groups is 1. The minimum absolute atomic E-state index is 0.0994. The van der Waals surface area contributed by atoms with Crippen LogP contribution in [0, 0.1) is 0 Å². The standard InChI is InChI=1S/C22H16N4O3S/c27-20-19(24-23-18-14-8-7-13-17(18)21(28)29)25(15-9-3-1-4-10-15)22(30)26(20)16-11-5-2-6-12-16/h1-14,19H,(H,28,29)/p-1. The first-order chi connectivity index (χ1) is 14.6. The molecule has 0 spiro atoms. The lowest BCUT2D eigenvalue weighted by atomic mass is 10.2. The van der Waals surface area contributed by atoms with Crippen LogP contribution < -0.4 is 14.9 Å². The molecule has 0 aromatic heterocycles. The molecule has 4 rings (SSSR count). The molecule has 1 heterocycles. The molecule has 0 radical (unpaired) electrons. The van der Waals surface area contributed by atoms with E-state index in [4.69, 9.17) is 12.2 Å². The monoisotopic (exact) mass is 415 g/mol. The highest BCUT2D eigenvalue weighted by Crippen LogP contribution is 2.31. The highest BCUT2D eigenvalue weighted by atomic mass is 32.1. The van der Waals surface area contributed by atoms with Crippen LogP contribution in [-0.4, -0.2) is 23.2 Å². The Hall–Kier alpha value is -3.91. The Bertz CT molecular complexity index is 1140. The molecule has 148 valence electrons. The molecular weight excluding hydrogens is 400 g/mol. The van der Waals surface area contributed by atoms with Gasteiger partial charge in [0.15, 0.2) is 5.11 Å². The molecule has 0 bridgehead atoms. The quantitative estimate of drug-likeness (QED) is 0.471. The molecule has 3 aromatic rings. The highest BCUT2D eigenvalue weighted by molar-refractivity contribution is 7.81. The second kappa shape index (κ2) is 8.22. The number of carboxylic acids is 1. The topological polar surface area (TPSA) is 88.4 Å². The normalized spacial score (nSPS) is 16.5. The second-order valence-electron chi connectivity index (χ2n) is 6.39. The molecule has 8 heteroatoms. The average Bonchev–Trinajstić information content (AvgIpc) is 3.03. The summed E-state index contributed by atoms with van der Waals surface area (Å²) in [6.45, 7) is 0. The molecule has 1 amide bonds. The van der Waals surface area contributed by atoms with Crippen molar-refractivity contribution in [2.45, 2.75) is 6.17 Å². The first-order valence-electron chi connectivity index (χ1n) is 9.06. The molecule has 30 heavy (non-hydrogen) atoms. The van der Waals surface area contributed by atoms with Gasteiger partial charge in [-0.25, -0.2) is 0 Å². The first kappa shape index (κ1) is 19.4. The zero-order chi connectivity index (χ0) is 21.1. The van der Waals surface area contributed by atoms with Crippen molar-refractivity contribution in [3.63, 3.8) is 0 Å². The molecule has 1 fully saturated rings. The van der Waals surface area contributed by atoms with E-state index in [0.29, 0.717) is 11.4 Å². The Morgan fingerprint density at radius 3 is 2.07 bits per heavy atom. The molecular formula is C22H15N4O3S-. The maximum absolute atomic E-state index is 13.3. The minimum atomic E-state index is -1.37. The van der Waals surface area contributed by atoms with Crippen molar-refractivity contribution in [3.8, 4) is 0 Å². The molecule has 0 saturated carbocycles. The maximum atomic E-state index is 13.3. The predicted molar refractivity (Wildman–Crippen MR) is 115 cm³/mol. The molecule has 1 aliphatic heterocycles. The van der Waals surface area contributed by atoms with Gasteiger partial charge in [-0.3, -0.25) is 14.6 Å². The summed E-state index contributed by atoms with van der Waals surface area (Å²) in [7, 11) is 0. The Morgan fingerprint density at radius 1 is 0.867 bits per heavy atom. The van der Waals surface area contributed by atoms with Crippen LogP contribution in [-0.2, 0) is 4.79 Å². The summed E-state index contributed by atoms with van der Waals surface area (Å²) >= 11 is 5.60. The predicted octanol–water partition coefficient (Wildman–Crippen LogP) is 3.30. The van der Waals surface area contributed by atoms with Gasteiger partial charge in [-0.1, -0.05) is 54.6 Å². The maximum Gasteiger partial charge on any atom is 0.281 e. The SMILES string of the molecule is O=C([O-])c1ccccc1N=NC1C(=O)N(c2ccccc2)C(=S)N1c1ccccc1. The largest absolute Gasteiger partial charge is 0.545 e. The summed E-state index contributed by atoms with van der Waals surface area (Å²) < 4.78 is 0. The van der Waals surface area contributed by atoms with E-state index in [1.165, 1.54) is 17.0 Å². The Kier molecular flexibility index (Phi) is 5.32. The zero-order valence-electron chi connectivity index (χ0n) is 15.6. The van der Waals surface area contributed by atoms with Crippen molar-refractivity contribution in [1.82, 2.24) is 0 Å². The summed E-state index contributed by atoms with van der Waals surface area (Å²) in [5.41, 5.74) is 1.27. The van der Waals surface area contributed by atoms with E-state index >= 15 is 0 Å². The van der Waals surface area contributed by atoms with Gasteiger partial charge in [-0.15, -0.1) is 0 Å². The molecule has 1 saturated heterocycles. The van der Waals surface area contributed by atoms with E-state index in [1.54, 1.807) is 29.2 Å². The number of amides is 1. The fourth-order valence-corrected chi connectivity index (χ4v) is 3.54. The number of carbonyl (C=O) groups is 2. The average molecular weight is 415 g/mol. The number of hydrogen-bond donors (Lipinski definition) is 0. The van der Waals surface area contributed by atoms with Gasteiger partial charge in [0.2, 0.25) is 6.17 Å². The molecule has 1 atom stereocenters. The van der Waals surface area contributed by atoms with Gasteiger partial charge in [-0.2, -0.15) is 10.2 Å². The summed E-state index contributed by atoms with van der Waals surface area (Å²) in [4.78, 5) is 27.6. The van der Waals surface area contributed by atoms with Gasteiger partial charge in [0.05, 0.1) is 17.3 Å². The smallest absolute Gasteiger partial charge is 0.281 e. The van der Waals surface area contributed by atoms with Crippen LogP contribution in [0.15, 0.2) is 95.2 Å². The Morgan fingerprint density at radius 2 is 1.43 bits per heavy atom. The number of benzene rings is 3. The van der Waals surface area contributed by atoms with Gasteiger partial charge in [0, 0.05) is 11.3 Å². The van der Waals surface area contributed by atoms with E-state index < -0.39 is 12.1 Å². The Labute approximate surface area is 177 Å². The number of para-hydroxylation sites is 2. The van der Waals surface area contributed by atoms with Gasteiger partial charge >= 0.3 is 0 Å². The fourth-order valence-electron chi connectivity index (χ4n) is 3.14. The van der Waals surface area contributed by atoms with Crippen LogP contribution in [0.3, 0.4) is 0 Å². The third-order valence-electron chi connectivity index (χ3n) is 4.53. The van der Waals surface area contributed by atoms with E-state index in [1.807, 2.05) is 48.5 Å². The van der Waals surface area contributed by atoms with Gasteiger partial charge in [-0.05, 0) is 42.5 Å². The van der Waals surface area contributed by atoms with Crippen molar-refractivity contribution >= 4 is 46.3 Å². The van der Waals surface area contributed by atoms with Crippen molar-refractivity contribution in [1.29, 1.82) is 0 Å². The van der Waals surface area contributed by atoms with Crippen molar-refractivity contribution in [2.75, 3.05) is 9.80 Å². The number of azo groups is 1. The third kappa shape index (κ3) is 3.56. The van der Waals surface area contributed by atoms with Gasteiger partial charge in [0.25, 0.3) is 5.91 Å². The van der Waals surface area contributed by atoms with E-state index in [9.17, 15) is 14.7 Å². The Balaban J connectivity index is 1.77. The number of carbonyl (C=O) groups excluding carboxylic acids is 2. The van der Waals surface area contributed by atoms with Crippen LogP contribution in [0.5, 0.6) is 0 Å². The molecule has 1 unspecified atom stereocenters. The van der Waals surface area contributed by atoms with Crippen LogP contribution in [0.1, 0.15) is 10.4 Å². The van der Waals surface area contributed by atoms with E-state index in [0.717, 1.165) is 0 Å². The minimum Gasteiger partial charge on any atom is -0.545 e. The second-order valence-corrected chi connectivity index (χ2v) is 6.76. The number of hydrogen-bond acceptors (Lipinski definition) is 6. The summed E-state index contributed by atoms with van der Waals surface area (Å²) in [5.74, 6) is -1.76. The lowest BCUT2D eigenvalue weighted by molar-refractivity contribution is -0.254. The van der Waals surface area contributed by atoms with E-state index in [-0.39, 0.29) is 22.3 Å². The number of nitrogens with zero attached hydrogens (tertiary/aromatic N) is 4. The molecule has 0 aliphatic carbocycles. The lowest BCUT2D eigenvalue weighted by Gasteiger charge is -2.21. The highest BCUT2D eigenvalue weighted by Gasteiger charge is 2.44. The van der Waals surface area contributed by atoms with Crippen molar-refractivity contribution < 1.29 is 14.7 Å². The van der Waals surface area contributed by atoms with Crippen LogP contribution >= 0.6 is 12.2 Å². The van der Waals surface area contributed by atoms with Crippen molar-refractivity contribution in [2.24, 2.45) is 10.2 Å². The molecule has 1 aliphatic rings. The summed E-state index contributed by atoms with van der Waals surface area (Å²) in [5, 5.41) is 19.8.